The minimum absolute atomic E-state index is 0. The number of rotatable bonds is 3. The molecule has 1 heterocycles. The fraction of sp³-hybridized carbons (Fsp3) is 0.0667. The van der Waals surface area contributed by atoms with Crippen LogP contribution in [-0.4, -0.2) is 0 Å². The summed E-state index contributed by atoms with van der Waals surface area (Å²) in [6.45, 7) is 0. The maximum absolute atomic E-state index is 6.35. The molecule has 6 heteroatoms. The second-order valence-corrected chi connectivity index (χ2v) is 14.8. The van der Waals surface area contributed by atoms with Crippen molar-refractivity contribution in [3.05, 3.63) is 125 Å². The van der Waals surface area contributed by atoms with Gasteiger partial charge in [-0.25, -0.2) is 0 Å². The number of fused-ring (bicyclic) bond motifs is 4. The summed E-state index contributed by atoms with van der Waals surface area (Å²) in [6.07, 6.45) is 4.88. The summed E-state index contributed by atoms with van der Waals surface area (Å²) in [6, 6.07) is 30.9. The van der Waals surface area contributed by atoms with Gasteiger partial charge in [0.2, 0.25) is 0 Å². The van der Waals surface area contributed by atoms with Gasteiger partial charge in [-0.05, 0) is 0 Å². The van der Waals surface area contributed by atoms with Crippen LogP contribution in [0.1, 0.15) is 40.6 Å². The molecule has 2 aliphatic carbocycles. The second-order valence-electron chi connectivity index (χ2n) is 8.84. The molecule has 7 rings (SSSR count). The number of hydrogen-bond acceptors (Lipinski definition) is 1. The molecular formula is C30H18Cl2I2OZr. The Hall–Kier alpha value is -0.917. The average molecular weight is 810 g/mol. The third kappa shape index (κ3) is 4.39. The monoisotopic (exact) mass is 808 g/mol. The fourth-order valence-corrected chi connectivity index (χ4v) is 13.8. The van der Waals surface area contributed by atoms with E-state index in [2.05, 4.69) is 142 Å². The zero-order chi connectivity index (χ0) is 22.8. The second kappa shape index (κ2) is 10.7. The average Bonchev–Trinajstić information content (AvgIpc) is 3.42. The summed E-state index contributed by atoms with van der Waals surface area (Å²) in [7, 11) is 0. The van der Waals surface area contributed by atoms with Crippen LogP contribution in [0.15, 0.2) is 84.9 Å². The molecule has 0 spiro atoms. The van der Waals surface area contributed by atoms with Gasteiger partial charge in [0, 0.05) is 0 Å². The van der Waals surface area contributed by atoms with E-state index in [0.717, 1.165) is 11.5 Å². The summed E-state index contributed by atoms with van der Waals surface area (Å²) in [5.74, 6) is 1.93. The predicted octanol–water partition coefficient (Wildman–Crippen LogP) is 2.98. The van der Waals surface area contributed by atoms with Crippen LogP contribution >= 0.6 is 45.2 Å². The van der Waals surface area contributed by atoms with Gasteiger partial charge in [-0.15, -0.1) is 0 Å². The number of benzene rings is 4. The molecule has 2 unspecified atom stereocenters. The summed E-state index contributed by atoms with van der Waals surface area (Å²) in [4.78, 5) is 0. The van der Waals surface area contributed by atoms with Crippen molar-refractivity contribution in [3.63, 3.8) is 0 Å². The maximum atomic E-state index is 6.35. The third-order valence-corrected chi connectivity index (χ3v) is 13.4. The summed E-state index contributed by atoms with van der Waals surface area (Å²) in [5, 5.41) is 0. The SMILES string of the molecule is Ic1cccc2c1[CH]([Zr+2][CH]1C3=Cc4c(ccc(I)c41)Oc1cccc3c1)C(c1ccccc1)=C2.[Cl-].[Cl-]. The van der Waals surface area contributed by atoms with Crippen LogP contribution < -0.4 is 29.6 Å². The molecule has 1 aliphatic heterocycles. The van der Waals surface area contributed by atoms with Crippen LogP contribution in [0, 0.1) is 7.14 Å². The van der Waals surface area contributed by atoms with Crippen molar-refractivity contribution in [2.75, 3.05) is 0 Å². The Bertz CT molecular complexity index is 1550. The molecule has 4 aromatic rings. The van der Waals surface area contributed by atoms with Crippen LogP contribution in [0.25, 0.3) is 23.3 Å². The minimum atomic E-state index is -1.06. The first-order valence-electron chi connectivity index (χ1n) is 11.3. The van der Waals surface area contributed by atoms with Gasteiger partial charge < -0.3 is 24.8 Å². The Morgan fingerprint density at radius 1 is 0.639 bits per heavy atom. The van der Waals surface area contributed by atoms with E-state index in [1.165, 1.54) is 46.1 Å². The molecule has 0 saturated carbocycles. The maximum Gasteiger partial charge on any atom is -1.00 e. The van der Waals surface area contributed by atoms with Gasteiger partial charge in [-0.2, -0.15) is 0 Å². The molecule has 3 aliphatic rings. The molecule has 0 N–H and O–H groups in total. The van der Waals surface area contributed by atoms with Gasteiger partial charge in [0.05, 0.1) is 0 Å². The molecule has 0 aromatic heterocycles. The summed E-state index contributed by atoms with van der Waals surface area (Å²) >= 11 is 4.04. The first kappa shape index (κ1) is 26.7. The van der Waals surface area contributed by atoms with Crippen LogP contribution in [-0.2, 0) is 23.2 Å². The predicted molar refractivity (Wildman–Crippen MR) is 152 cm³/mol. The molecule has 2 atom stereocenters. The van der Waals surface area contributed by atoms with E-state index in [9.17, 15) is 0 Å². The van der Waals surface area contributed by atoms with E-state index in [-0.39, 0.29) is 24.8 Å². The molecule has 4 bridgehead atoms. The van der Waals surface area contributed by atoms with Gasteiger partial charge >= 0.3 is 241 Å². The van der Waals surface area contributed by atoms with Crippen molar-refractivity contribution in [1.82, 2.24) is 0 Å². The van der Waals surface area contributed by atoms with E-state index in [1.54, 1.807) is 5.56 Å². The van der Waals surface area contributed by atoms with E-state index < -0.39 is 23.2 Å². The Morgan fingerprint density at radius 3 is 2.17 bits per heavy atom. The van der Waals surface area contributed by atoms with E-state index in [0.29, 0.717) is 7.25 Å². The van der Waals surface area contributed by atoms with Crippen molar-refractivity contribution < 1.29 is 52.8 Å². The summed E-state index contributed by atoms with van der Waals surface area (Å²) < 4.78 is 10.1. The van der Waals surface area contributed by atoms with E-state index in [4.69, 9.17) is 4.74 Å². The molecule has 0 radical (unpaired) electrons. The van der Waals surface area contributed by atoms with Gasteiger partial charge in [0.1, 0.15) is 0 Å². The Balaban J connectivity index is 0.00000133. The molecular weight excluding hydrogens is 792 g/mol. The van der Waals surface area contributed by atoms with Gasteiger partial charge in [0.15, 0.2) is 0 Å². The number of hydrogen-bond donors (Lipinski definition) is 0. The van der Waals surface area contributed by atoms with Gasteiger partial charge in [0.25, 0.3) is 0 Å². The standard InChI is InChI=1S/C15H8IO.C15H10I.2ClH.Zr/c16-14-4-5-15-13-8-10(7-12(13)14)9-2-1-3-11(6-9)17-15;16-15-8-4-7-12-9-13(10-14(12)15)11-5-2-1-3-6-11;;;/h1-8H;1-10H;2*1H;/q;;;;+2/p-2. The smallest absolute Gasteiger partial charge is 1.00 e. The van der Waals surface area contributed by atoms with Crippen molar-refractivity contribution >= 4 is 68.5 Å². The van der Waals surface area contributed by atoms with Crippen LogP contribution in [0.3, 0.4) is 0 Å². The molecule has 0 saturated heterocycles. The van der Waals surface area contributed by atoms with E-state index in [1.807, 2.05) is 0 Å². The molecule has 1 nitrogen and oxygen atoms in total. The van der Waals surface area contributed by atoms with Gasteiger partial charge in [-0.3, -0.25) is 0 Å². The van der Waals surface area contributed by atoms with Crippen molar-refractivity contribution in [1.29, 1.82) is 0 Å². The zero-order valence-electron chi connectivity index (χ0n) is 18.8. The molecule has 176 valence electrons. The number of allylic oxidation sites excluding steroid dienone is 2. The quantitative estimate of drug-likeness (QED) is 0.290. The fourth-order valence-electron chi connectivity index (χ4n) is 5.42. The largest absolute Gasteiger partial charge is 1.00 e. The zero-order valence-corrected chi connectivity index (χ0v) is 27.1. The molecule has 0 amide bonds. The van der Waals surface area contributed by atoms with Crippen molar-refractivity contribution in [2.24, 2.45) is 0 Å². The number of ether oxygens (including phenoxy) is 1. The minimum Gasteiger partial charge on any atom is -1.00 e. The first-order valence-corrected chi connectivity index (χ1v) is 16.3. The Kier molecular flexibility index (Phi) is 7.92. The Labute approximate surface area is 262 Å². The van der Waals surface area contributed by atoms with Crippen LogP contribution in [0.5, 0.6) is 11.5 Å². The third-order valence-electron chi connectivity index (χ3n) is 6.93. The van der Waals surface area contributed by atoms with E-state index >= 15 is 0 Å². The topological polar surface area (TPSA) is 9.23 Å². The summed E-state index contributed by atoms with van der Waals surface area (Å²) in [5.41, 5.74) is 11.4. The molecule has 4 aromatic carbocycles. The van der Waals surface area contributed by atoms with Crippen molar-refractivity contribution in [3.8, 4) is 11.5 Å². The Morgan fingerprint density at radius 2 is 1.33 bits per heavy atom. The normalized spacial score (nSPS) is 17.7. The molecule has 0 fully saturated rings. The van der Waals surface area contributed by atoms with Gasteiger partial charge in [-0.1, -0.05) is 0 Å². The van der Waals surface area contributed by atoms with Crippen LogP contribution in [0.4, 0.5) is 0 Å². The van der Waals surface area contributed by atoms with Crippen LogP contribution in [0.2, 0.25) is 0 Å². The molecule has 36 heavy (non-hydrogen) atoms. The van der Waals surface area contributed by atoms with Crippen molar-refractivity contribution in [2.45, 2.75) is 7.25 Å². The number of halogens is 4. The first-order chi connectivity index (χ1) is 16.7.